The molecule has 4 rings (SSSR count). The standard InChI is InChI=1S/C32H34F4N6O.CH2O/c1-20-7-5-8-24(17-20)41-30-39-19-25(28(42-30)38-16-6-15-37-4)21-9-12-23(13-10-21)40-29(43)31(2,3)26-18-22(32(34,35)36)11-14-27(26)33;1-2/h5,7-14,17-19,37H,6,15-16H2,1-4H3,(H,40,43)(H2,38,39,41,42);1H2. The van der Waals surface area contributed by atoms with E-state index in [4.69, 9.17) is 9.78 Å². The molecule has 8 nitrogen and oxygen atoms in total. The average Bonchev–Trinajstić information content (AvgIpc) is 3.00. The van der Waals surface area contributed by atoms with Crippen molar-refractivity contribution < 1.29 is 27.2 Å². The van der Waals surface area contributed by atoms with E-state index in [1.807, 2.05) is 45.0 Å². The summed E-state index contributed by atoms with van der Waals surface area (Å²) >= 11 is 0. The van der Waals surface area contributed by atoms with Crippen LogP contribution in [-0.4, -0.2) is 42.8 Å². The van der Waals surface area contributed by atoms with Gasteiger partial charge in [-0.2, -0.15) is 18.2 Å². The van der Waals surface area contributed by atoms with Crippen molar-refractivity contribution in [2.75, 3.05) is 36.1 Å². The zero-order chi connectivity index (χ0) is 33.2. The second kappa shape index (κ2) is 15.2. The van der Waals surface area contributed by atoms with Gasteiger partial charge in [-0.05, 0) is 94.4 Å². The topological polar surface area (TPSA) is 108 Å². The fraction of sp³-hybridized carbons (Fsp3) is 0.273. The number of nitrogens with one attached hydrogen (secondary N) is 4. The number of aryl methyl sites for hydroxylation is 1. The van der Waals surface area contributed by atoms with E-state index in [1.165, 1.54) is 13.8 Å². The number of anilines is 4. The minimum Gasteiger partial charge on any atom is -0.369 e. The highest BCUT2D eigenvalue weighted by Gasteiger charge is 2.37. The van der Waals surface area contributed by atoms with Crippen LogP contribution in [0.15, 0.2) is 72.9 Å². The van der Waals surface area contributed by atoms with Gasteiger partial charge in [-0.15, -0.1) is 0 Å². The normalized spacial score (nSPS) is 11.3. The number of hydrogen-bond acceptors (Lipinski definition) is 7. The minimum absolute atomic E-state index is 0.345. The molecule has 0 aliphatic rings. The van der Waals surface area contributed by atoms with Gasteiger partial charge in [-0.3, -0.25) is 4.79 Å². The highest BCUT2D eigenvalue weighted by atomic mass is 19.4. The van der Waals surface area contributed by atoms with E-state index in [2.05, 4.69) is 26.3 Å². The van der Waals surface area contributed by atoms with Crippen LogP contribution in [0, 0.1) is 12.7 Å². The van der Waals surface area contributed by atoms with Gasteiger partial charge >= 0.3 is 6.18 Å². The maximum Gasteiger partial charge on any atom is 0.416 e. The van der Waals surface area contributed by atoms with Crippen molar-refractivity contribution in [3.63, 3.8) is 0 Å². The second-order valence-corrected chi connectivity index (χ2v) is 10.7. The molecule has 1 amide bonds. The molecule has 4 N–H and O–H groups in total. The first-order valence-corrected chi connectivity index (χ1v) is 14.1. The molecule has 0 spiro atoms. The molecule has 1 heterocycles. The van der Waals surface area contributed by atoms with Crippen molar-refractivity contribution in [3.8, 4) is 11.1 Å². The molecule has 45 heavy (non-hydrogen) atoms. The molecule has 0 aliphatic carbocycles. The number of rotatable bonds is 11. The van der Waals surface area contributed by atoms with Gasteiger partial charge in [0.2, 0.25) is 11.9 Å². The molecule has 0 unspecified atom stereocenters. The van der Waals surface area contributed by atoms with Gasteiger partial charge < -0.3 is 26.1 Å². The van der Waals surface area contributed by atoms with Crippen LogP contribution >= 0.6 is 0 Å². The third-order valence-corrected chi connectivity index (χ3v) is 6.95. The molecular formula is C33H36F4N6O2. The highest BCUT2D eigenvalue weighted by Crippen LogP contribution is 2.35. The lowest BCUT2D eigenvalue weighted by molar-refractivity contribution is -0.137. The molecular weight excluding hydrogens is 588 g/mol. The summed E-state index contributed by atoms with van der Waals surface area (Å²) in [6.07, 6.45) is -2.09. The molecule has 1 aromatic heterocycles. The van der Waals surface area contributed by atoms with Gasteiger partial charge in [0, 0.05) is 35.2 Å². The van der Waals surface area contributed by atoms with E-state index >= 15 is 0 Å². The summed E-state index contributed by atoms with van der Waals surface area (Å²) in [7, 11) is 1.89. The summed E-state index contributed by atoms with van der Waals surface area (Å²) in [5.74, 6) is -0.489. The van der Waals surface area contributed by atoms with Crippen molar-refractivity contribution in [1.29, 1.82) is 0 Å². The lowest BCUT2D eigenvalue weighted by atomic mass is 9.82. The van der Waals surface area contributed by atoms with Crippen molar-refractivity contribution in [2.24, 2.45) is 0 Å². The van der Waals surface area contributed by atoms with Crippen molar-refractivity contribution >= 4 is 35.8 Å². The summed E-state index contributed by atoms with van der Waals surface area (Å²) < 4.78 is 54.3. The molecule has 0 saturated heterocycles. The molecule has 4 aromatic rings. The van der Waals surface area contributed by atoms with Crippen LogP contribution in [0.25, 0.3) is 11.1 Å². The second-order valence-electron chi connectivity index (χ2n) is 10.7. The van der Waals surface area contributed by atoms with Crippen molar-refractivity contribution in [1.82, 2.24) is 15.3 Å². The van der Waals surface area contributed by atoms with E-state index in [0.29, 0.717) is 36.1 Å². The lowest BCUT2D eigenvalue weighted by Gasteiger charge is -2.25. The van der Waals surface area contributed by atoms with Crippen LogP contribution in [0.2, 0.25) is 0 Å². The number of amides is 1. The Morgan fingerprint density at radius 1 is 0.933 bits per heavy atom. The number of carbonyl (C=O) groups is 2. The van der Waals surface area contributed by atoms with E-state index in [1.54, 1.807) is 30.5 Å². The maximum absolute atomic E-state index is 14.6. The smallest absolute Gasteiger partial charge is 0.369 e. The first-order chi connectivity index (χ1) is 21.4. The number of alkyl halides is 3. The van der Waals surface area contributed by atoms with Crippen molar-refractivity contribution in [3.05, 3.63) is 95.4 Å². The van der Waals surface area contributed by atoms with Gasteiger partial charge in [-0.1, -0.05) is 24.3 Å². The quantitative estimate of drug-likeness (QED) is 0.104. The Bertz CT molecular complexity index is 1590. The van der Waals surface area contributed by atoms with E-state index in [-0.39, 0.29) is 5.56 Å². The number of aromatic nitrogens is 2. The zero-order valence-electron chi connectivity index (χ0n) is 25.5. The molecule has 0 radical (unpaired) electrons. The van der Waals surface area contributed by atoms with E-state index < -0.39 is 28.9 Å². The predicted molar refractivity (Wildman–Crippen MR) is 169 cm³/mol. The van der Waals surface area contributed by atoms with Crippen LogP contribution in [0.4, 0.5) is 40.7 Å². The Kier molecular flexibility index (Phi) is 11.7. The minimum atomic E-state index is -4.66. The Hall–Kier alpha value is -4.84. The summed E-state index contributed by atoms with van der Waals surface area (Å²) in [5.41, 5.74) is 0.931. The third kappa shape index (κ3) is 9.08. The van der Waals surface area contributed by atoms with Gasteiger partial charge in [-0.25, -0.2) is 9.37 Å². The summed E-state index contributed by atoms with van der Waals surface area (Å²) in [4.78, 5) is 30.3. The van der Waals surface area contributed by atoms with Crippen LogP contribution in [0.1, 0.15) is 37.0 Å². The molecule has 0 fully saturated rings. The van der Waals surface area contributed by atoms with Crippen molar-refractivity contribution in [2.45, 2.75) is 38.8 Å². The Labute approximate surface area is 259 Å². The lowest BCUT2D eigenvalue weighted by Crippen LogP contribution is -2.35. The van der Waals surface area contributed by atoms with Crippen LogP contribution < -0.4 is 21.3 Å². The zero-order valence-corrected chi connectivity index (χ0v) is 25.5. The van der Waals surface area contributed by atoms with Crippen LogP contribution in [-0.2, 0) is 21.2 Å². The van der Waals surface area contributed by atoms with Crippen LogP contribution in [0.3, 0.4) is 0 Å². The molecule has 0 atom stereocenters. The van der Waals surface area contributed by atoms with E-state index in [0.717, 1.165) is 41.4 Å². The number of halogens is 4. The summed E-state index contributed by atoms with van der Waals surface area (Å²) in [6.45, 7) is 8.26. The molecule has 12 heteroatoms. The Balaban J connectivity index is 0.00000271. The number of carbonyl (C=O) groups excluding carboxylic acids is 2. The fourth-order valence-electron chi connectivity index (χ4n) is 4.44. The first kappa shape index (κ1) is 34.6. The number of hydrogen-bond donors (Lipinski definition) is 4. The number of nitrogens with zero attached hydrogens (tertiary/aromatic N) is 2. The van der Waals surface area contributed by atoms with Gasteiger partial charge in [0.05, 0.1) is 11.0 Å². The molecule has 0 bridgehead atoms. The Morgan fingerprint density at radius 3 is 2.29 bits per heavy atom. The predicted octanol–water partition coefficient (Wildman–Crippen LogP) is 7.11. The van der Waals surface area contributed by atoms with Gasteiger partial charge in [0.15, 0.2) is 0 Å². The van der Waals surface area contributed by atoms with Gasteiger partial charge in [0.25, 0.3) is 0 Å². The number of benzene rings is 3. The molecule has 238 valence electrons. The van der Waals surface area contributed by atoms with Gasteiger partial charge in [0.1, 0.15) is 18.4 Å². The monoisotopic (exact) mass is 624 g/mol. The molecule has 0 saturated carbocycles. The summed E-state index contributed by atoms with van der Waals surface area (Å²) in [5, 5.41) is 12.4. The molecule has 3 aromatic carbocycles. The highest BCUT2D eigenvalue weighted by molar-refractivity contribution is 5.98. The average molecular weight is 625 g/mol. The van der Waals surface area contributed by atoms with Crippen LogP contribution in [0.5, 0.6) is 0 Å². The maximum atomic E-state index is 14.6. The first-order valence-electron chi connectivity index (χ1n) is 14.1. The Morgan fingerprint density at radius 2 is 1.64 bits per heavy atom. The van der Waals surface area contributed by atoms with E-state index in [9.17, 15) is 22.4 Å². The largest absolute Gasteiger partial charge is 0.416 e. The third-order valence-electron chi connectivity index (χ3n) is 6.95. The molecule has 0 aliphatic heterocycles. The fourth-order valence-corrected chi connectivity index (χ4v) is 4.44. The summed E-state index contributed by atoms with van der Waals surface area (Å²) in [6, 6.07) is 16.8. The SMILES string of the molecule is C=O.CNCCCNc1nc(Nc2cccc(C)c2)ncc1-c1ccc(NC(=O)C(C)(C)c2cc(C(F)(F)F)ccc2F)cc1.